The summed E-state index contributed by atoms with van der Waals surface area (Å²) in [7, 11) is 0. The van der Waals surface area contributed by atoms with Gasteiger partial charge in [0.05, 0.1) is 0 Å². The number of carbonyl (C=O) groups is 1. The smallest absolute Gasteiger partial charge is 0.227 e. The van der Waals surface area contributed by atoms with Crippen LogP contribution in [0.25, 0.3) is 0 Å². The fourth-order valence-corrected chi connectivity index (χ4v) is 5.02. The zero-order valence-electron chi connectivity index (χ0n) is 15.9. The van der Waals surface area contributed by atoms with Crippen LogP contribution in [0.1, 0.15) is 36.4 Å². The Bertz CT molecular complexity index is 1160. The van der Waals surface area contributed by atoms with Crippen molar-refractivity contribution < 1.29 is 4.79 Å². The van der Waals surface area contributed by atoms with Crippen molar-refractivity contribution in [3.05, 3.63) is 81.0 Å². The number of anilines is 1. The van der Waals surface area contributed by atoms with Crippen LogP contribution in [0.15, 0.2) is 65.0 Å². The molecule has 1 N–H and O–H groups in total. The quantitative estimate of drug-likeness (QED) is 0.495. The molecular formula is C22H18Cl2N4OS. The number of thioether (sulfide) groups is 1. The molecule has 1 aromatic heterocycles. The van der Waals surface area contributed by atoms with Crippen molar-refractivity contribution >= 4 is 46.7 Å². The summed E-state index contributed by atoms with van der Waals surface area (Å²) in [6.45, 7) is 0. The van der Waals surface area contributed by atoms with Crippen molar-refractivity contribution in [2.24, 2.45) is 0 Å². The third-order valence-corrected chi connectivity index (χ3v) is 6.69. The van der Waals surface area contributed by atoms with Crippen molar-refractivity contribution in [3.63, 3.8) is 0 Å². The molecule has 0 bridgehead atoms. The Morgan fingerprint density at radius 3 is 2.73 bits per heavy atom. The van der Waals surface area contributed by atoms with Crippen molar-refractivity contribution in [2.45, 2.75) is 36.2 Å². The van der Waals surface area contributed by atoms with Gasteiger partial charge in [0.25, 0.3) is 0 Å². The van der Waals surface area contributed by atoms with E-state index in [0.717, 1.165) is 41.0 Å². The number of rotatable bonds is 4. The second kappa shape index (κ2) is 8.10. The molecule has 0 saturated heterocycles. The summed E-state index contributed by atoms with van der Waals surface area (Å²) in [6.07, 6.45) is 2.23. The normalized spacial score (nSPS) is 18.1. The van der Waals surface area contributed by atoms with Gasteiger partial charge in [0.1, 0.15) is 6.04 Å². The van der Waals surface area contributed by atoms with Crippen LogP contribution >= 0.6 is 35.0 Å². The first-order valence-electron chi connectivity index (χ1n) is 9.71. The lowest BCUT2D eigenvalue weighted by Gasteiger charge is -2.32. The van der Waals surface area contributed by atoms with Gasteiger partial charge in [-0.15, -0.1) is 5.10 Å². The fraction of sp³-hybridized carbons (Fsp3) is 0.227. The fourth-order valence-electron chi connectivity index (χ4n) is 3.91. The molecule has 30 heavy (non-hydrogen) atoms. The maximum atomic E-state index is 12.8. The number of hydrogen-bond acceptors (Lipinski definition) is 5. The third-order valence-electron chi connectivity index (χ3n) is 5.29. The number of fused-ring (bicyclic) bond motifs is 1. The Hall–Kier alpha value is -2.28. The zero-order valence-corrected chi connectivity index (χ0v) is 18.3. The summed E-state index contributed by atoms with van der Waals surface area (Å²) >= 11 is 13.8. The lowest BCUT2D eigenvalue weighted by Crippen LogP contribution is -2.31. The summed E-state index contributed by atoms with van der Waals surface area (Å²) in [5.74, 6) is 1.55. The standard InChI is InChI=1S/C22H18Cl2N4OS/c23-15-9-7-13(8-10-15)12-30-22-26-21-25-17-5-2-6-18(29)19(17)20(28(21)27-22)14-3-1-4-16(24)11-14/h1,3-4,7-11,20H,2,5-6,12H2,(H,25,26,27)/t20-/m0/s1. The van der Waals surface area contributed by atoms with Gasteiger partial charge in [-0.3, -0.25) is 4.79 Å². The van der Waals surface area contributed by atoms with E-state index in [1.807, 2.05) is 53.2 Å². The van der Waals surface area contributed by atoms with E-state index in [1.54, 1.807) is 11.8 Å². The van der Waals surface area contributed by atoms with Crippen LogP contribution in [0.3, 0.4) is 0 Å². The molecule has 2 aliphatic rings. The van der Waals surface area contributed by atoms with Crippen LogP contribution in [0, 0.1) is 0 Å². The predicted octanol–water partition coefficient (Wildman–Crippen LogP) is 5.90. The minimum absolute atomic E-state index is 0.158. The average Bonchev–Trinajstić information content (AvgIpc) is 3.14. The molecule has 0 unspecified atom stereocenters. The molecule has 0 amide bonds. The highest BCUT2D eigenvalue weighted by Gasteiger charge is 2.36. The van der Waals surface area contributed by atoms with Crippen molar-refractivity contribution in [2.75, 3.05) is 5.32 Å². The Morgan fingerprint density at radius 2 is 1.93 bits per heavy atom. The predicted molar refractivity (Wildman–Crippen MR) is 120 cm³/mol. The Morgan fingerprint density at radius 1 is 1.10 bits per heavy atom. The van der Waals surface area contributed by atoms with Gasteiger partial charge in [-0.25, -0.2) is 4.68 Å². The highest BCUT2D eigenvalue weighted by atomic mass is 35.5. The monoisotopic (exact) mass is 456 g/mol. The number of hydrogen-bond donors (Lipinski definition) is 1. The molecule has 0 saturated carbocycles. The van der Waals surface area contributed by atoms with Crippen LogP contribution in [-0.2, 0) is 10.5 Å². The third kappa shape index (κ3) is 3.75. The first-order chi connectivity index (χ1) is 14.6. The first kappa shape index (κ1) is 19.7. The van der Waals surface area contributed by atoms with Gasteiger partial charge in [-0.1, -0.05) is 59.2 Å². The second-order valence-corrected chi connectivity index (χ2v) is 9.14. The summed E-state index contributed by atoms with van der Waals surface area (Å²) in [5.41, 5.74) is 3.80. The molecule has 2 aromatic carbocycles. The van der Waals surface area contributed by atoms with Crippen LogP contribution in [0.2, 0.25) is 10.0 Å². The number of nitrogens with one attached hydrogen (secondary N) is 1. The molecule has 0 spiro atoms. The van der Waals surface area contributed by atoms with Gasteiger partial charge in [0.2, 0.25) is 11.1 Å². The van der Waals surface area contributed by atoms with Crippen LogP contribution in [-0.4, -0.2) is 20.5 Å². The molecular weight excluding hydrogens is 439 g/mol. The number of allylic oxidation sites excluding steroid dienone is 2. The van der Waals surface area contributed by atoms with Gasteiger partial charge in [0, 0.05) is 33.5 Å². The molecule has 0 radical (unpaired) electrons. The largest absolute Gasteiger partial charge is 0.328 e. The van der Waals surface area contributed by atoms with E-state index in [-0.39, 0.29) is 11.8 Å². The summed E-state index contributed by atoms with van der Waals surface area (Å²) in [5, 5.41) is 10.1. The summed E-state index contributed by atoms with van der Waals surface area (Å²) in [6, 6.07) is 15.1. The van der Waals surface area contributed by atoms with E-state index < -0.39 is 0 Å². The van der Waals surface area contributed by atoms with E-state index >= 15 is 0 Å². The van der Waals surface area contributed by atoms with Crippen LogP contribution in [0.5, 0.6) is 0 Å². The number of ketones is 1. The minimum atomic E-state index is -0.319. The Labute approximate surface area is 188 Å². The highest BCUT2D eigenvalue weighted by Crippen LogP contribution is 2.41. The van der Waals surface area contributed by atoms with Gasteiger partial charge in [0.15, 0.2) is 5.78 Å². The molecule has 5 nitrogen and oxygen atoms in total. The van der Waals surface area contributed by atoms with Gasteiger partial charge in [-0.2, -0.15) is 4.98 Å². The van der Waals surface area contributed by atoms with Gasteiger partial charge in [-0.05, 0) is 48.2 Å². The first-order valence-corrected chi connectivity index (χ1v) is 11.4. The van der Waals surface area contributed by atoms with E-state index in [2.05, 4.69) is 5.32 Å². The number of halogens is 2. The zero-order chi connectivity index (χ0) is 20.7. The summed E-state index contributed by atoms with van der Waals surface area (Å²) in [4.78, 5) is 17.5. The Kier molecular flexibility index (Phi) is 5.31. The number of aromatic nitrogens is 3. The van der Waals surface area contributed by atoms with E-state index in [0.29, 0.717) is 27.6 Å². The second-order valence-electron chi connectivity index (χ2n) is 7.33. The lowest BCUT2D eigenvalue weighted by molar-refractivity contribution is -0.116. The number of carbonyl (C=O) groups excluding carboxylic acids is 1. The number of benzene rings is 2. The van der Waals surface area contributed by atoms with E-state index in [9.17, 15) is 4.79 Å². The molecule has 3 aromatic rings. The molecule has 1 atom stereocenters. The molecule has 2 heterocycles. The molecule has 1 aliphatic heterocycles. The molecule has 5 rings (SSSR count). The van der Waals surface area contributed by atoms with Crippen LogP contribution < -0.4 is 5.32 Å². The number of nitrogens with zero attached hydrogens (tertiary/aromatic N) is 3. The average molecular weight is 457 g/mol. The van der Waals surface area contributed by atoms with Crippen molar-refractivity contribution in [1.82, 2.24) is 14.8 Å². The maximum Gasteiger partial charge on any atom is 0.227 e. The minimum Gasteiger partial charge on any atom is -0.328 e. The summed E-state index contributed by atoms with van der Waals surface area (Å²) < 4.78 is 1.82. The van der Waals surface area contributed by atoms with Crippen molar-refractivity contribution in [3.8, 4) is 0 Å². The van der Waals surface area contributed by atoms with Crippen LogP contribution in [0.4, 0.5) is 5.95 Å². The van der Waals surface area contributed by atoms with Crippen molar-refractivity contribution in [1.29, 1.82) is 0 Å². The SMILES string of the molecule is O=C1CCCC2=C1[C@H](c1cccc(Cl)c1)n1nc(SCc3ccc(Cl)cc3)nc1N2. The molecule has 8 heteroatoms. The van der Waals surface area contributed by atoms with E-state index in [1.165, 1.54) is 0 Å². The lowest BCUT2D eigenvalue weighted by atomic mass is 9.85. The van der Waals surface area contributed by atoms with Gasteiger partial charge < -0.3 is 5.32 Å². The highest BCUT2D eigenvalue weighted by molar-refractivity contribution is 7.98. The Balaban J connectivity index is 1.50. The molecule has 1 aliphatic carbocycles. The molecule has 0 fully saturated rings. The van der Waals surface area contributed by atoms with Gasteiger partial charge >= 0.3 is 0 Å². The topological polar surface area (TPSA) is 59.8 Å². The maximum absolute atomic E-state index is 12.8. The number of Topliss-reactive ketones (excluding diaryl/α,β-unsaturated/α-hetero) is 1. The molecule has 152 valence electrons. The van der Waals surface area contributed by atoms with E-state index in [4.69, 9.17) is 33.3 Å².